The van der Waals surface area contributed by atoms with E-state index in [1.165, 1.54) is 5.56 Å². The van der Waals surface area contributed by atoms with Gasteiger partial charge in [0.15, 0.2) is 5.82 Å². The number of halogens is 3. The summed E-state index contributed by atoms with van der Waals surface area (Å²) in [7, 11) is 0. The molecule has 0 amide bonds. The quantitative estimate of drug-likeness (QED) is 0.773. The van der Waals surface area contributed by atoms with Gasteiger partial charge in [-0.3, -0.25) is 0 Å². The van der Waals surface area contributed by atoms with Gasteiger partial charge in [-0.25, -0.2) is 4.98 Å². The first-order valence-electron chi connectivity index (χ1n) is 5.48. The highest BCUT2D eigenvalue weighted by Gasteiger charge is 2.09. The second-order valence-corrected chi connectivity index (χ2v) is 4.90. The number of para-hydroxylation sites is 1. The molecule has 0 bridgehead atoms. The zero-order valence-corrected chi connectivity index (χ0v) is 11.9. The van der Waals surface area contributed by atoms with E-state index in [4.69, 9.17) is 34.8 Å². The van der Waals surface area contributed by atoms with E-state index in [-0.39, 0.29) is 5.15 Å². The number of pyridine rings is 1. The molecule has 5 heteroatoms. The smallest absolute Gasteiger partial charge is 0.151 e. The monoisotopic (exact) mass is 300 g/mol. The van der Waals surface area contributed by atoms with Crippen molar-refractivity contribution in [1.82, 2.24) is 4.98 Å². The zero-order valence-electron chi connectivity index (χ0n) is 9.67. The van der Waals surface area contributed by atoms with Crippen LogP contribution in [0.3, 0.4) is 0 Å². The van der Waals surface area contributed by atoms with Crippen LogP contribution in [0.2, 0.25) is 15.2 Å². The van der Waals surface area contributed by atoms with Gasteiger partial charge in [-0.1, -0.05) is 59.9 Å². The van der Waals surface area contributed by atoms with E-state index in [1.54, 1.807) is 6.07 Å². The molecule has 0 aliphatic heterocycles. The van der Waals surface area contributed by atoms with Crippen molar-refractivity contribution >= 4 is 46.3 Å². The van der Waals surface area contributed by atoms with E-state index >= 15 is 0 Å². The summed E-state index contributed by atoms with van der Waals surface area (Å²) in [5, 5.41) is 4.19. The summed E-state index contributed by atoms with van der Waals surface area (Å²) in [5.74, 6) is 0.506. The van der Waals surface area contributed by atoms with Crippen LogP contribution in [0.1, 0.15) is 12.5 Å². The first kappa shape index (κ1) is 13.5. The number of aryl methyl sites for hydroxylation is 1. The topological polar surface area (TPSA) is 24.9 Å². The highest BCUT2D eigenvalue weighted by atomic mass is 35.5. The van der Waals surface area contributed by atoms with Crippen LogP contribution in [0.4, 0.5) is 11.5 Å². The molecule has 2 nitrogen and oxygen atoms in total. The molecular formula is C13H11Cl3N2. The summed E-state index contributed by atoms with van der Waals surface area (Å²) in [5.41, 5.74) is 2.15. The maximum atomic E-state index is 6.08. The number of anilines is 2. The van der Waals surface area contributed by atoms with Gasteiger partial charge >= 0.3 is 0 Å². The number of aromatic nitrogens is 1. The highest BCUT2D eigenvalue weighted by molar-refractivity contribution is 6.43. The summed E-state index contributed by atoms with van der Waals surface area (Å²) >= 11 is 17.8. The molecule has 1 N–H and O–H groups in total. The number of benzene rings is 1. The number of nitrogens with zero attached hydrogens (tertiary/aromatic N) is 1. The van der Waals surface area contributed by atoms with Crippen LogP contribution in [-0.4, -0.2) is 4.98 Å². The summed E-state index contributed by atoms with van der Waals surface area (Å²) < 4.78 is 0. The average Bonchev–Trinajstić information content (AvgIpc) is 2.36. The Morgan fingerprint density at radius 2 is 1.83 bits per heavy atom. The van der Waals surface area contributed by atoms with Crippen molar-refractivity contribution in [3.05, 3.63) is 51.1 Å². The Balaban J connectivity index is 2.37. The lowest BCUT2D eigenvalue weighted by Gasteiger charge is -2.11. The van der Waals surface area contributed by atoms with Crippen LogP contribution in [0.15, 0.2) is 30.3 Å². The second-order valence-electron chi connectivity index (χ2n) is 3.73. The zero-order chi connectivity index (χ0) is 13.1. The van der Waals surface area contributed by atoms with Crippen molar-refractivity contribution in [2.45, 2.75) is 13.3 Å². The van der Waals surface area contributed by atoms with Gasteiger partial charge < -0.3 is 5.32 Å². The molecule has 0 radical (unpaired) electrons. The van der Waals surface area contributed by atoms with Crippen LogP contribution < -0.4 is 5.32 Å². The molecule has 0 saturated heterocycles. The average molecular weight is 302 g/mol. The molecule has 2 rings (SSSR count). The molecule has 0 unspecified atom stereocenters. The van der Waals surface area contributed by atoms with E-state index in [0.717, 1.165) is 12.1 Å². The molecule has 1 aromatic carbocycles. The van der Waals surface area contributed by atoms with E-state index in [0.29, 0.717) is 15.9 Å². The van der Waals surface area contributed by atoms with E-state index in [9.17, 15) is 0 Å². The summed E-state index contributed by atoms with van der Waals surface area (Å²) in [6.07, 6.45) is 0.919. The Bertz CT molecular complexity index is 570. The van der Waals surface area contributed by atoms with Gasteiger partial charge in [0.25, 0.3) is 0 Å². The van der Waals surface area contributed by atoms with E-state index in [1.807, 2.05) is 24.3 Å². The van der Waals surface area contributed by atoms with Crippen molar-refractivity contribution in [3.63, 3.8) is 0 Å². The fourth-order valence-electron chi connectivity index (χ4n) is 1.61. The van der Waals surface area contributed by atoms with Gasteiger partial charge in [-0.05, 0) is 24.1 Å². The van der Waals surface area contributed by atoms with Crippen molar-refractivity contribution in [2.75, 3.05) is 5.32 Å². The van der Waals surface area contributed by atoms with Gasteiger partial charge in [0, 0.05) is 5.69 Å². The second kappa shape index (κ2) is 5.79. The molecule has 0 aliphatic carbocycles. The number of nitrogens with one attached hydrogen (secondary N) is 1. The third-order valence-electron chi connectivity index (χ3n) is 2.54. The SMILES string of the molecule is CCc1ccccc1Nc1nc(Cl)c(Cl)cc1Cl. The third-order valence-corrected chi connectivity index (χ3v) is 3.50. The summed E-state index contributed by atoms with van der Waals surface area (Å²) in [4.78, 5) is 4.13. The molecule has 2 aromatic rings. The lowest BCUT2D eigenvalue weighted by molar-refractivity contribution is 1.14. The number of rotatable bonds is 3. The molecule has 0 saturated carbocycles. The number of hydrogen-bond donors (Lipinski definition) is 1. The molecule has 0 spiro atoms. The predicted octanol–water partition coefficient (Wildman–Crippen LogP) is 5.35. The van der Waals surface area contributed by atoms with Crippen LogP contribution in [0.5, 0.6) is 0 Å². The fraction of sp³-hybridized carbons (Fsp3) is 0.154. The Morgan fingerprint density at radius 1 is 1.11 bits per heavy atom. The Labute approximate surface area is 121 Å². The van der Waals surface area contributed by atoms with Crippen molar-refractivity contribution in [3.8, 4) is 0 Å². The van der Waals surface area contributed by atoms with Crippen molar-refractivity contribution in [1.29, 1.82) is 0 Å². The normalized spacial score (nSPS) is 10.4. The minimum atomic E-state index is 0.234. The minimum absolute atomic E-state index is 0.234. The van der Waals surface area contributed by atoms with Crippen LogP contribution in [0, 0.1) is 0 Å². The number of hydrogen-bond acceptors (Lipinski definition) is 2. The lowest BCUT2D eigenvalue weighted by atomic mass is 10.1. The van der Waals surface area contributed by atoms with Gasteiger partial charge in [0.1, 0.15) is 5.15 Å². The Morgan fingerprint density at radius 3 is 2.56 bits per heavy atom. The molecule has 0 fully saturated rings. The fourth-order valence-corrected chi connectivity index (χ4v) is 2.15. The van der Waals surface area contributed by atoms with Crippen molar-refractivity contribution < 1.29 is 0 Å². The Hall–Kier alpha value is -0.960. The predicted molar refractivity (Wildman–Crippen MR) is 78.4 cm³/mol. The molecule has 94 valence electrons. The molecular weight excluding hydrogens is 291 g/mol. The molecule has 18 heavy (non-hydrogen) atoms. The minimum Gasteiger partial charge on any atom is -0.339 e. The highest BCUT2D eigenvalue weighted by Crippen LogP contribution is 2.31. The van der Waals surface area contributed by atoms with Gasteiger partial charge in [0.05, 0.1) is 10.0 Å². The van der Waals surface area contributed by atoms with Crippen LogP contribution >= 0.6 is 34.8 Å². The molecule has 0 aliphatic rings. The van der Waals surface area contributed by atoms with E-state index < -0.39 is 0 Å². The largest absolute Gasteiger partial charge is 0.339 e. The summed E-state index contributed by atoms with van der Waals surface area (Å²) in [6, 6.07) is 9.54. The first-order chi connectivity index (χ1) is 8.61. The molecule has 0 atom stereocenters. The van der Waals surface area contributed by atoms with Gasteiger partial charge in [-0.2, -0.15) is 0 Å². The van der Waals surface area contributed by atoms with Gasteiger partial charge in [0.2, 0.25) is 0 Å². The van der Waals surface area contributed by atoms with Crippen LogP contribution in [-0.2, 0) is 6.42 Å². The van der Waals surface area contributed by atoms with Crippen LogP contribution in [0.25, 0.3) is 0 Å². The maximum Gasteiger partial charge on any atom is 0.151 e. The lowest BCUT2D eigenvalue weighted by Crippen LogP contribution is -1.98. The first-order valence-corrected chi connectivity index (χ1v) is 6.61. The van der Waals surface area contributed by atoms with Crippen molar-refractivity contribution in [2.24, 2.45) is 0 Å². The summed E-state index contributed by atoms with van der Waals surface area (Å²) in [6.45, 7) is 2.09. The maximum absolute atomic E-state index is 6.08. The molecule has 1 heterocycles. The Kier molecular flexibility index (Phi) is 4.33. The standard InChI is InChI=1S/C13H11Cl3N2/c1-2-8-5-3-4-6-11(8)17-13-10(15)7-9(14)12(16)18-13/h3-7H,2H2,1H3,(H,17,18). The van der Waals surface area contributed by atoms with E-state index in [2.05, 4.69) is 17.2 Å². The molecule has 1 aromatic heterocycles. The third kappa shape index (κ3) is 2.89. The van der Waals surface area contributed by atoms with Gasteiger partial charge in [-0.15, -0.1) is 0 Å².